The second kappa shape index (κ2) is 8.90. The molecule has 0 aliphatic carbocycles. The van der Waals surface area contributed by atoms with Crippen molar-refractivity contribution < 1.29 is 9.53 Å². The highest BCUT2D eigenvalue weighted by Gasteiger charge is 2.29. The van der Waals surface area contributed by atoms with E-state index in [9.17, 15) is 4.79 Å². The van der Waals surface area contributed by atoms with Gasteiger partial charge in [-0.25, -0.2) is 9.67 Å². The maximum Gasteiger partial charge on any atom is 0.244 e. The third-order valence-electron chi connectivity index (χ3n) is 6.14. The number of carbonyl (C=O) groups excluding carboxylic acids is 1. The van der Waals surface area contributed by atoms with E-state index >= 15 is 0 Å². The Morgan fingerprint density at radius 1 is 1.30 bits per heavy atom. The summed E-state index contributed by atoms with van der Waals surface area (Å²) in [6.07, 6.45) is 1.72. The Morgan fingerprint density at radius 3 is 2.94 bits per heavy atom. The van der Waals surface area contributed by atoms with Gasteiger partial charge in [-0.2, -0.15) is 5.10 Å². The maximum atomic E-state index is 13.3. The number of halogens is 1. The summed E-state index contributed by atoms with van der Waals surface area (Å²) >= 11 is 6.17. The lowest BCUT2D eigenvalue weighted by Crippen LogP contribution is -2.54. The van der Waals surface area contributed by atoms with Gasteiger partial charge in [0.15, 0.2) is 5.65 Å². The van der Waals surface area contributed by atoms with Crippen molar-refractivity contribution >= 4 is 40.1 Å². The highest BCUT2D eigenvalue weighted by atomic mass is 35.5. The number of pyridine rings is 1. The first-order valence-electron chi connectivity index (χ1n) is 11.0. The third kappa shape index (κ3) is 4.08. The van der Waals surface area contributed by atoms with Gasteiger partial charge in [0.1, 0.15) is 23.8 Å². The SMILES string of the molecule is COc1cc(N2CCN(C(=O)Cn3nc(C4=NCCN4)c4cccnc43)[C@@H](C)C2)ccc1Cl. The molecule has 0 spiro atoms. The van der Waals surface area contributed by atoms with E-state index in [4.69, 9.17) is 21.4 Å². The van der Waals surface area contributed by atoms with E-state index in [1.54, 1.807) is 18.0 Å². The van der Waals surface area contributed by atoms with Crippen LogP contribution in [-0.4, -0.2) is 77.3 Å². The van der Waals surface area contributed by atoms with E-state index in [0.717, 1.165) is 48.8 Å². The number of amidine groups is 1. The van der Waals surface area contributed by atoms with Gasteiger partial charge in [-0.3, -0.25) is 9.79 Å². The number of aliphatic imine (C=N–C) groups is 1. The Balaban J connectivity index is 1.32. The molecule has 1 aromatic carbocycles. The molecule has 10 heteroatoms. The summed E-state index contributed by atoms with van der Waals surface area (Å²) in [5, 5.41) is 9.44. The summed E-state index contributed by atoms with van der Waals surface area (Å²) in [7, 11) is 1.61. The molecule has 0 unspecified atom stereocenters. The lowest BCUT2D eigenvalue weighted by molar-refractivity contribution is -0.134. The second-order valence-electron chi connectivity index (χ2n) is 8.24. The first-order chi connectivity index (χ1) is 16.0. The molecule has 1 amide bonds. The van der Waals surface area contributed by atoms with Crippen LogP contribution in [0.2, 0.25) is 5.02 Å². The number of fused-ring (bicyclic) bond motifs is 1. The molecule has 33 heavy (non-hydrogen) atoms. The van der Waals surface area contributed by atoms with Crippen LogP contribution >= 0.6 is 11.6 Å². The summed E-state index contributed by atoms with van der Waals surface area (Å²) < 4.78 is 7.04. The third-order valence-corrected chi connectivity index (χ3v) is 6.45. The van der Waals surface area contributed by atoms with E-state index in [1.165, 1.54) is 0 Å². The van der Waals surface area contributed by atoms with Gasteiger partial charge in [-0.05, 0) is 31.2 Å². The number of nitrogens with one attached hydrogen (secondary N) is 1. The molecule has 3 aromatic rings. The molecule has 5 rings (SSSR count). The fraction of sp³-hybridized carbons (Fsp3) is 0.391. The molecule has 1 saturated heterocycles. The van der Waals surface area contributed by atoms with Crippen LogP contribution in [0.3, 0.4) is 0 Å². The first kappa shape index (κ1) is 21.5. The zero-order valence-corrected chi connectivity index (χ0v) is 19.4. The molecular formula is C23H26ClN7O2. The molecule has 2 aliphatic heterocycles. The summed E-state index contributed by atoms with van der Waals surface area (Å²) in [4.78, 5) is 26.4. The number of piperazine rings is 1. The predicted octanol–water partition coefficient (Wildman–Crippen LogP) is 2.18. The van der Waals surface area contributed by atoms with E-state index in [2.05, 4.69) is 27.1 Å². The quantitative estimate of drug-likeness (QED) is 0.618. The number of hydrogen-bond donors (Lipinski definition) is 1. The smallest absolute Gasteiger partial charge is 0.244 e. The van der Waals surface area contributed by atoms with Crippen molar-refractivity contribution in [2.24, 2.45) is 4.99 Å². The lowest BCUT2D eigenvalue weighted by atomic mass is 10.1. The van der Waals surface area contributed by atoms with Crippen LogP contribution in [0.25, 0.3) is 11.0 Å². The van der Waals surface area contributed by atoms with Gasteiger partial charge in [-0.15, -0.1) is 0 Å². The number of carbonyl (C=O) groups is 1. The average molecular weight is 468 g/mol. The number of aromatic nitrogens is 3. The zero-order chi connectivity index (χ0) is 22.9. The first-order valence-corrected chi connectivity index (χ1v) is 11.4. The van der Waals surface area contributed by atoms with Gasteiger partial charge >= 0.3 is 0 Å². The van der Waals surface area contributed by atoms with E-state index in [-0.39, 0.29) is 18.5 Å². The van der Waals surface area contributed by atoms with Crippen molar-refractivity contribution in [2.45, 2.75) is 19.5 Å². The number of ether oxygens (including phenoxy) is 1. The molecule has 1 atom stereocenters. The molecule has 172 valence electrons. The summed E-state index contributed by atoms with van der Waals surface area (Å²) in [6.45, 7) is 5.80. The Kier molecular flexibility index (Phi) is 5.80. The van der Waals surface area contributed by atoms with E-state index < -0.39 is 0 Å². The molecule has 9 nitrogen and oxygen atoms in total. The van der Waals surface area contributed by atoms with Crippen molar-refractivity contribution in [3.05, 3.63) is 47.2 Å². The minimum atomic E-state index is 0.0266. The number of benzene rings is 1. The summed E-state index contributed by atoms with van der Waals surface area (Å²) in [5.74, 6) is 1.44. The maximum absolute atomic E-state index is 13.3. The number of methoxy groups -OCH3 is 1. The molecule has 4 heterocycles. The molecule has 1 N–H and O–H groups in total. The Bertz CT molecular complexity index is 1220. The second-order valence-corrected chi connectivity index (χ2v) is 8.65. The molecule has 0 bridgehead atoms. The highest BCUT2D eigenvalue weighted by molar-refractivity contribution is 6.32. The van der Waals surface area contributed by atoms with Crippen molar-refractivity contribution in [3.8, 4) is 5.75 Å². The van der Waals surface area contributed by atoms with Crippen LogP contribution in [0.15, 0.2) is 41.5 Å². The molecule has 0 saturated carbocycles. The topological polar surface area (TPSA) is 87.9 Å². The van der Waals surface area contributed by atoms with Crippen LogP contribution in [-0.2, 0) is 11.3 Å². The molecule has 2 aliphatic rings. The number of nitrogens with zero attached hydrogens (tertiary/aromatic N) is 6. The van der Waals surface area contributed by atoms with Gasteiger partial charge < -0.3 is 19.9 Å². The van der Waals surface area contributed by atoms with E-state index in [1.807, 2.05) is 35.2 Å². The molecular weight excluding hydrogens is 442 g/mol. The monoisotopic (exact) mass is 467 g/mol. The van der Waals surface area contributed by atoms with Crippen molar-refractivity contribution in [2.75, 3.05) is 44.7 Å². The molecule has 1 fully saturated rings. The van der Waals surface area contributed by atoms with Crippen molar-refractivity contribution in [3.63, 3.8) is 0 Å². The molecule has 0 radical (unpaired) electrons. The van der Waals surface area contributed by atoms with Crippen molar-refractivity contribution in [1.29, 1.82) is 0 Å². The van der Waals surface area contributed by atoms with Crippen molar-refractivity contribution in [1.82, 2.24) is 25.0 Å². The number of rotatable bonds is 5. The Hall–Kier alpha value is -3.33. The van der Waals surface area contributed by atoms with E-state index in [0.29, 0.717) is 23.0 Å². The van der Waals surface area contributed by atoms with Gasteiger partial charge in [0, 0.05) is 50.2 Å². The van der Waals surface area contributed by atoms with Gasteiger partial charge in [-0.1, -0.05) is 11.6 Å². The fourth-order valence-electron chi connectivity index (χ4n) is 4.48. The highest BCUT2D eigenvalue weighted by Crippen LogP contribution is 2.30. The predicted molar refractivity (Wildman–Crippen MR) is 128 cm³/mol. The van der Waals surface area contributed by atoms with Gasteiger partial charge in [0.2, 0.25) is 5.91 Å². The molecule has 2 aromatic heterocycles. The fourth-order valence-corrected chi connectivity index (χ4v) is 4.67. The van der Waals surface area contributed by atoms with Crippen LogP contribution in [0, 0.1) is 0 Å². The number of amides is 1. The largest absolute Gasteiger partial charge is 0.495 e. The summed E-state index contributed by atoms with van der Waals surface area (Å²) in [5.41, 5.74) is 2.47. The van der Waals surface area contributed by atoms with Crippen LogP contribution < -0.4 is 15.0 Å². The number of anilines is 1. The Labute approximate surface area is 197 Å². The number of hydrogen-bond acceptors (Lipinski definition) is 7. The minimum absolute atomic E-state index is 0.0266. The lowest BCUT2D eigenvalue weighted by Gasteiger charge is -2.41. The summed E-state index contributed by atoms with van der Waals surface area (Å²) in [6, 6.07) is 9.66. The standard InChI is InChI=1S/C23H26ClN7O2/c1-15-13-29(16-5-6-18(24)19(12-16)33-2)10-11-30(15)20(32)14-31-23-17(4-3-7-27-23)21(28-31)22-25-8-9-26-22/h3-7,12,15H,8-11,13-14H2,1-2H3,(H,25,26)/t15-/m0/s1. The Morgan fingerprint density at radius 2 is 2.18 bits per heavy atom. The van der Waals surface area contributed by atoms with Gasteiger partial charge in [0.25, 0.3) is 0 Å². The average Bonchev–Trinajstić information content (AvgIpc) is 3.48. The van der Waals surface area contributed by atoms with Crippen LogP contribution in [0.5, 0.6) is 5.75 Å². The normalized spacial score (nSPS) is 18.4. The zero-order valence-electron chi connectivity index (χ0n) is 18.7. The van der Waals surface area contributed by atoms with Crippen LogP contribution in [0.1, 0.15) is 12.6 Å². The van der Waals surface area contributed by atoms with Crippen LogP contribution in [0.4, 0.5) is 5.69 Å². The minimum Gasteiger partial charge on any atom is -0.495 e. The van der Waals surface area contributed by atoms with Gasteiger partial charge in [0.05, 0.1) is 24.1 Å².